The van der Waals surface area contributed by atoms with Gasteiger partial charge in [0, 0.05) is 43.3 Å². The molecule has 0 spiro atoms. The molecule has 0 aliphatic carbocycles. The Morgan fingerprint density at radius 2 is 2.09 bits per heavy atom. The Morgan fingerprint density at radius 3 is 2.94 bits per heavy atom. The molecule has 0 radical (unpaired) electrons. The van der Waals surface area contributed by atoms with Gasteiger partial charge in [0.05, 0.1) is 11.7 Å². The summed E-state index contributed by atoms with van der Waals surface area (Å²) >= 11 is 1.46. The van der Waals surface area contributed by atoms with Crippen LogP contribution in [0.15, 0.2) is 66.6 Å². The molecule has 1 fully saturated rings. The van der Waals surface area contributed by atoms with E-state index in [4.69, 9.17) is 4.98 Å². The van der Waals surface area contributed by atoms with Crippen molar-refractivity contribution < 1.29 is 4.79 Å². The van der Waals surface area contributed by atoms with Gasteiger partial charge < -0.3 is 9.47 Å². The average Bonchev–Trinajstić information content (AvgIpc) is 3.55. The van der Waals surface area contributed by atoms with Crippen LogP contribution in [0.25, 0.3) is 0 Å². The van der Waals surface area contributed by atoms with Gasteiger partial charge in [-0.2, -0.15) is 0 Å². The fourth-order valence-electron chi connectivity index (χ4n) is 4.13. The average molecular weight is 445 g/mol. The van der Waals surface area contributed by atoms with Gasteiger partial charge in [-0.3, -0.25) is 15.1 Å². The molecule has 5 heterocycles. The number of nitrogens with zero attached hydrogens (tertiary/aromatic N) is 5. The van der Waals surface area contributed by atoms with E-state index < -0.39 is 0 Å². The number of nitrogens with one attached hydrogen (secondary N) is 1. The first-order valence-electron chi connectivity index (χ1n) is 10.7. The first kappa shape index (κ1) is 20.4. The maximum Gasteiger partial charge on any atom is 0.274 e. The third-order valence-corrected chi connectivity index (χ3v) is 6.47. The van der Waals surface area contributed by atoms with Gasteiger partial charge in [0.1, 0.15) is 11.5 Å². The van der Waals surface area contributed by atoms with Crippen molar-refractivity contribution in [1.29, 1.82) is 0 Å². The maximum atomic E-state index is 12.9. The van der Waals surface area contributed by atoms with Gasteiger partial charge in [-0.25, -0.2) is 9.97 Å². The Bertz CT molecular complexity index is 1220. The second-order valence-corrected chi connectivity index (χ2v) is 8.81. The van der Waals surface area contributed by atoms with Gasteiger partial charge in [-0.05, 0) is 67.3 Å². The largest absolute Gasteiger partial charge is 0.348 e. The molecule has 4 aromatic rings. The molecule has 1 aliphatic heterocycles. The zero-order valence-corrected chi connectivity index (χ0v) is 18.6. The van der Waals surface area contributed by atoms with Crippen molar-refractivity contribution in [2.24, 2.45) is 0 Å². The minimum absolute atomic E-state index is 0.159. The normalized spacial score (nSPS) is 15.8. The van der Waals surface area contributed by atoms with E-state index in [0.29, 0.717) is 17.4 Å². The predicted molar refractivity (Wildman–Crippen MR) is 126 cm³/mol. The lowest BCUT2D eigenvalue weighted by Gasteiger charge is -2.24. The van der Waals surface area contributed by atoms with E-state index in [1.54, 1.807) is 12.4 Å². The molecule has 0 bridgehead atoms. The van der Waals surface area contributed by atoms with E-state index in [2.05, 4.69) is 33.2 Å². The summed E-state index contributed by atoms with van der Waals surface area (Å²) in [5, 5.41) is 5.64. The summed E-state index contributed by atoms with van der Waals surface area (Å²) in [6.45, 7) is 3.65. The number of hydrogen-bond acceptors (Lipinski definition) is 6. The smallest absolute Gasteiger partial charge is 0.274 e. The highest BCUT2D eigenvalue weighted by atomic mass is 32.1. The number of hydrogen-bond donors (Lipinski definition) is 1. The first-order chi connectivity index (χ1) is 15.7. The Balaban J connectivity index is 1.30. The molecule has 8 heteroatoms. The number of anilines is 2. The van der Waals surface area contributed by atoms with Crippen molar-refractivity contribution in [3.63, 3.8) is 0 Å². The van der Waals surface area contributed by atoms with Crippen LogP contribution >= 0.6 is 11.3 Å². The van der Waals surface area contributed by atoms with Crippen LogP contribution < -0.4 is 10.2 Å². The Morgan fingerprint density at radius 1 is 1.22 bits per heavy atom. The summed E-state index contributed by atoms with van der Waals surface area (Å²) in [5.74, 6) is 0.827. The zero-order valence-electron chi connectivity index (χ0n) is 17.8. The fourth-order valence-corrected chi connectivity index (χ4v) is 4.88. The molecule has 1 atom stereocenters. The summed E-state index contributed by atoms with van der Waals surface area (Å²) < 4.78 is 1.93. The second-order valence-electron chi connectivity index (χ2n) is 7.95. The molecule has 7 nitrogen and oxygen atoms in total. The molecule has 1 saturated heterocycles. The van der Waals surface area contributed by atoms with Crippen molar-refractivity contribution in [3.05, 3.63) is 89.1 Å². The summed E-state index contributed by atoms with van der Waals surface area (Å²) in [4.78, 5) is 28.6. The fraction of sp³-hybridized carbons (Fsp3) is 0.250. The molecule has 0 saturated carbocycles. The van der Waals surface area contributed by atoms with Gasteiger partial charge in [0.2, 0.25) is 0 Å². The number of carbonyl (C=O) groups excluding carboxylic acids is 1. The van der Waals surface area contributed by atoms with Crippen LogP contribution in [0.4, 0.5) is 10.9 Å². The highest BCUT2D eigenvalue weighted by Crippen LogP contribution is 2.36. The lowest BCUT2D eigenvalue weighted by atomic mass is 10.1. The Labute approximate surface area is 190 Å². The summed E-state index contributed by atoms with van der Waals surface area (Å²) in [7, 11) is 0. The predicted octanol–water partition coefficient (Wildman–Crippen LogP) is 4.69. The van der Waals surface area contributed by atoms with E-state index >= 15 is 0 Å². The van der Waals surface area contributed by atoms with E-state index in [9.17, 15) is 4.79 Å². The molecule has 162 valence electrons. The van der Waals surface area contributed by atoms with Gasteiger partial charge in [0.25, 0.3) is 5.91 Å². The number of amides is 1. The number of aryl methyl sites for hydroxylation is 1. The van der Waals surface area contributed by atoms with E-state index in [1.807, 2.05) is 52.7 Å². The third kappa shape index (κ3) is 4.27. The molecule has 32 heavy (non-hydrogen) atoms. The standard InChI is InChI=1S/C24H24N6OS/c1-17-6-11-26-22(14-17)30-13-3-4-20(30)19-16-32-24(27-19)28-23(31)21-5-2-12-29(21)15-18-7-9-25-10-8-18/h2,5-12,14,16,20H,3-4,13,15H2,1H3,(H,27,28,31)/t20-/m1/s1. The highest BCUT2D eigenvalue weighted by Gasteiger charge is 2.29. The van der Waals surface area contributed by atoms with Crippen LogP contribution in [0, 0.1) is 6.92 Å². The molecule has 0 aromatic carbocycles. The van der Waals surface area contributed by atoms with Crippen LogP contribution in [0.5, 0.6) is 0 Å². The summed E-state index contributed by atoms with van der Waals surface area (Å²) in [6, 6.07) is 11.9. The molecule has 0 unspecified atom stereocenters. The molecule has 5 rings (SSSR count). The quantitative estimate of drug-likeness (QED) is 0.467. The monoisotopic (exact) mass is 444 g/mol. The van der Waals surface area contributed by atoms with E-state index in [1.165, 1.54) is 16.9 Å². The second kappa shape index (κ2) is 8.92. The summed E-state index contributed by atoms with van der Waals surface area (Å²) in [5.41, 5.74) is 3.87. The van der Waals surface area contributed by atoms with Crippen molar-refractivity contribution in [3.8, 4) is 0 Å². The minimum atomic E-state index is -0.159. The number of carbonyl (C=O) groups is 1. The lowest BCUT2D eigenvalue weighted by molar-refractivity contribution is 0.101. The molecule has 1 aliphatic rings. The molecular formula is C24H24N6OS. The maximum absolute atomic E-state index is 12.9. The molecular weight excluding hydrogens is 420 g/mol. The van der Waals surface area contributed by atoms with Crippen molar-refractivity contribution in [1.82, 2.24) is 19.5 Å². The Kier molecular flexibility index (Phi) is 5.68. The topological polar surface area (TPSA) is 75.9 Å². The molecule has 4 aromatic heterocycles. The molecule has 1 amide bonds. The first-order valence-corrected chi connectivity index (χ1v) is 11.6. The minimum Gasteiger partial charge on any atom is -0.348 e. The number of thiazole rings is 1. The van der Waals surface area contributed by atoms with Gasteiger partial charge >= 0.3 is 0 Å². The zero-order chi connectivity index (χ0) is 21.9. The van der Waals surface area contributed by atoms with E-state index in [0.717, 1.165) is 36.5 Å². The van der Waals surface area contributed by atoms with Crippen molar-refractivity contribution in [2.75, 3.05) is 16.8 Å². The van der Waals surface area contributed by atoms with Crippen LogP contribution in [-0.4, -0.2) is 32.0 Å². The lowest BCUT2D eigenvalue weighted by Crippen LogP contribution is -2.24. The summed E-state index contributed by atoms with van der Waals surface area (Å²) in [6.07, 6.45) is 9.41. The number of rotatable bonds is 6. The van der Waals surface area contributed by atoms with Crippen molar-refractivity contribution in [2.45, 2.75) is 32.4 Å². The van der Waals surface area contributed by atoms with Crippen LogP contribution in [0.1, 0.15) is 46.2 Å². The van der Waals surface area contributed by atoms with Gasteiger partial charge in [-0.15, -0.1) is 11.3 Å². The van der Waals surface area contributed by atoms with Crippen LogP contribution in [0.2, 0.25) is 0 Å². The van der Waals surface area contributed by atoms with Crippen molar-refractivity contribution >= 4 is 28.2 Å². The highest BCUT2D eigenvalue weighted by molar-refractivity contribution is 7.14. The Hall–Kier alpha value is -3.52. The molecule has 1 N–H and O–H groups in total. The third-order valence-electron chi connectivity index (χ3n) is 5.70. The SMILES string of the molecule is Cc1ccnc(N2CCC[C@@H]2c2csc(NC(=O)c3cccn3Cc3ccncc3)n2)c1. The van der Waals surface area contributed by atoms with Crippen LogP contribution in [0.3, 0.4) is 0 Å². The number of aromatic nitrogens is 4. The number of pyridine rings is 2. The van der Waals surface area contributed by atoms with Gasteiger partial charge in [-0.1, -0.05) is 0 Å². The van der Waals surface area contributed by atoms with E-state index in [-0.39, 0.29) is 11.9 Å². The van der Waals surface area contributed by atoms with Gasteiger partial charge in [0.15, 0.2) is 5.13 Å². The van der Waals surface area contributed by atoms with Crippen LogP contribution in [-0.2, 0) is 6.54 Å².